The second-order valence-electron chi connectivity index (χ2n) is 5.03. The summed E-state index contributed by atoms with van der Waals surface area (Å²) in [5, 5.41) is 0. The molecule has 0 spiro atoms. The Labute approximate surface area is 122 Å². The molecule has 0 radical (unpaired) electrons. The summed E-state index contributed by atoms with van der Waals surface area (Å²) in [5.41, 5.74) is 6.73. The summed E-state index contributed by atoms with van der Waals surface area (Å²) in [6, 6.07) is 5.92. The zero-order valence-electron chi connectivity index (χ0n) is 12.9. The highest BCUT2D eigenvalue weighted by Crippen LogP contribution is 2.31. The summed E-state index contributed by atoms with van der Waals surface area (Å²) < 4.78 is 17.0. The zero-order chi connectivity index (χ0) is 14.8. The molecule has 0 atom stereocenters. The van der Waals surface area contributed by atoms with Crippen LogP contribution in [-0.4, -0.2) is 33.0 Å². The van der Waals surface area contributed by atoms with E-state index in [4.69, 9.17) is 19.9 Å². The van der Waals surface area contributed by atoms with E-state index in [0.29, 0.717) is 32.3 Å². The molecule has 0 fully saturated rings. The minimum absolute atomic E-state index is 0.522. The van der Waals surface area contributed by atoms with Crippen molar-refractivity contribution in [2.45, 2.75) is 27.2 Å². The molecular formula is C16H27NO3. The lowest BCUT2D eigenvalue weighted by atomic mass is 10.1. The van der Waals surface area contributed by atoms with Gasteiger partial charge in [0.25, 0.3) is 0 Å². The highest BCUT2D eigenvalue weighted by Gasteiger charge is 2.10. The fraction of sp³-hybridized carbons (Fsp3) is 0.625. The molecule has 0 heterocycles. The van der Waals surface area contributed by atoms with Gasteiger partial charge in [0.15, 0.2) is 11.5 Å². The average Bonchev–Trinajstić information content (AvgIpc) is 2.41. The van der Waals surface area contributed by atoms with Crippen LogP contribution >= 0.6 is 0 Å². The lowest BCUT2D eigenvalue weighted by molar-refractivity contribution is 0.0806. The van der Waals surface area contributed by atoms with Crippen LogP contribution in [0.1, 0.15) is 26.3 Å². The van der Waals surface area contributed by atoms with Crippen molar-refractivity contribution in [2.24, 2.45) is 11.7 Å². The Kier molecular flexibility index (Phi) is 8.07. The molecule has 0 amide bonds. The van der Waals surface area contributed by atoms with Crippen molar-refractivity contribution in [1.29, 1.82) is 0 Å². The van der Waals surface area contributed by atoms with Gasteiger partial charge in [-0.1, -0.05) is 26.0 Å². The standard InChI is InChI=1S/C16H27NO3/c1-4-19-15-7-5-6-14(8-9-17)16(15)20-11-10-18-12-13(2)3/h5-7,13H,4,8-12,17H2,1-3H3. The van der Waals surface area contributed by atoms with E-state index in [2.05, 4.69) is 13.8 Å². The zero-order valence-corrected chi connectivity index (χ0v) is 12.9. The molecule has 4 heteroatoms. The lowest BCUT2D eigenvalue weighted by Gasteiger charge is -2.16. The fourth-order valence-electron chi connectivity index (χ4n) is 1.87. The summed E-state index contributed by atoms with van der Waals surface area (Å²) in [6.45, 7) is 9.30. The van der Waals surface area contributed by atoms with Gasteiger partial charge in [0.05, 0.1) is 13.2 Å². The van der Waals surface area contributed by atoms with Gasteiger partial charge < -0.3 is 19.9 Å². The molecule has 0 unspecified atom stereocenters. The minimum Gasteiger partial charge on any atom is -0.490 e. The smallest absolute Gasteiger partial charge is 0.164 e. The first kappa shape index (κ1) is 16.8. The molecule has 2 N–H and O–H groups in total. The highest BCUT2D eigenvalue weighted by atomic mass is 16.5. The monoisotopic (exact) mass is 281 g/mol. The van der Waals surface area contributed by atoms with Crippen molar-refractivity contribution in [1.82, 2.24) is 0 Å². The van der Waals surface area contributed by atoms with Crippen LogP contribution in [0.4, 0.5) is 0 Å². The van der Waals surface area contributed by atoms with Gasteiger partial charge in [-0.3, -0.25) is 0 Å². The number of hydrogen-bond donors (Lipinski definition) is 1. The van der Waals surface area contributed by atoms with E-state index in [-0.39, 0.29) is 0 Å². The Morgan fingerprint density at radius 3 is 2.60 bits per heavy atom. The topological polar surface area (TPSA) is 53.7 Å². The van der Waals surface area contributed by atoms with Gasteiger partial charge in [-0.25, -0.2) is 0 Å². The van der Waals surface area contributed by atoms with Crippen molar-refractivity contribution in [2.75, 3.05) is 33.0 Å². The van der Waals surface area contributed by atoms with Gasteiger partial charge >= 0.3 is 0 Å². The molecule has 0 aromatic heterocycles. The van der Waals surface area contributed by atoms with Crippen LogP contribution in [0.2, 0.25) is 0 Å². The predicted molar refractivity (Wildman–Crippen MR) is 81.5 cm³/mol. The molecule has 0 saturated carbocycles. The van der Waals surface area contributed by atoms with Crippen LogP contribution in [0.3, 0.4) is 0 Å². The van der Waals surface area contributed by atoms with Gasteiger partial charge in [-0.2, -0.15) is 0 Å². The van der Waals surface area contributed by atoms with Gasteiger partial charge in [0, 0.05) is 6.61 Å². The van der Waals surface area contributed by atoms with E-state index in [1.807, 2.05) is 25.1 Å². The third-order valence-electron chi connectivity index (χ3n) is 2.70. The molecule has 20 heavy (non-hydrogen) atoms. The molecule has 0 aliphatic heterocycles. The van der Waals surface area contributed by atoms with Gasteiger partial charge in [0.1, 0.15) is 6.61 Å². The van der Waals surface area contributed by atoms with Gasteiger partial charge in [-0.15, -0.1) is 0 Å². The molecule has 1 aromatic rings. The van der Waals surface area contributed by atoms with E-state index < -0.39 is 0 Å². The largest absolute Gasteiger partial charge is 0.490 e. The van der Waals surface area contributed by atoms with E-state index in [1.165, 1.54) is 0 Å². The van der Waals surface area contributed by atoms with Gasteiger partial charge in [-0.05, 0) is 37.4 Å². The molecule has 0 saturated heterocycles. The molecule has 0 bridgehead atoms. The molecule has 0 aliphatic carbocycles. The number of para-hydroxylation sites is 1. The predicted octanol–water partition coefficient (Wildman–Crippen LogP) is 2.64. The van der Waals surface area contributed by atoms with Crippen molar-refractivity contribution in [3.8, 4) is 11.5 Å². The summed E-state index contributed by atoms with van der Waals surface area (Å²) >= 11 is 0. The molecule has 0 aliphatic rings. The van der Waals surface area contributed by atoms with E-state index >= 15 is 0 Å². The number of hydrogen-bond acceptors (Lipinski definition) is 4. The summed E-state index contributed by atoms with van der Waals surface area (Å²) in [4.78, 5) is 0. The summed E-state index contributed by atoms with van der Waals surface area (Å²) in [7, 11) is 0. The second-order valence-corrected chi connectivity index (χ2v) is 5.03. The van der Waals surface area contributed by atoms with Crippen molar-refractivity contribution in [3.05, 3.63) is 23.8 Å². The maximum absolute atomic E-state index is 5.85. The minimum atomic E-state index is 0.522. The first-order valence-corrected chi connectivity index (χ1v) is 7.34. The Morgan fingerprint density at radius 1 is 1.15 bits per heavy atom. The van der Waals surface area contributed by atoms with Crippen molar-refractivity contribution in [3.63, 3.8) is 0 Å². The number of nitrogens with two attached hydrogens (primary N) is 1. The molecule has 1 aromatic carbocycles. The number of rotatable bonds is 10. The van der Waals surface area contributed by atoms with E-state index in [1.54, 1.807) is 0 Å². The molecule has 4 nitrogen and oxygen atoms in total. The Balaban J connectivity index is 2.60. The lowest BCUT2D eigenvalue weighted by Crippen LogP contribution is -2.12. The summed E-state index contributed by atoms with van der Waals surface area (Å²) in [6.07, 6.45) is 0.781. The normalized spacial score (nSPS) is 10.8. The first-order valence-electron chi connectivity index (χ1n) is 7.34. The quantitative estimate of drug-likeness (QED) is 0.670. The third kappa shape index (κ3) is 5.80. The van der Waals surface area contributed by atoms with Crippen LogP contribution in [0, 0.1) is 5.92 Å². The Morgan fingerprint density at radius 2 is 1.95 bits per heavy atom. The molecule has 114 valence electrons. The van der Waals surface area contributed by atoms with Crippen LogP contribution in [-0.2, 0) is 11.2 Å². The fourth-order valence-corrected chi connectivity index (χ4v) is 1.87. The van der Waals surface area contributed by atoms with E-state index in [0.717, 1.165) is 30.1 Å². The van der Waals surface area contributed by atoms with Crippen LogP contribution in [0.5, 0.6) is 11.5 Å². The maximum Gasteiger partial charge on any atom is 0.164 e. The van der Waals surface area contributed by atoms with E-state index in [9.17, 15) is 0 Å². The SMILES string of the molecule is CCOc1cccc(CCN)c1OCCOCC(C)C. The summed E-state index contributed by atoms with van der Waals surface area (Å²) in [5.74, 6) is 2.12. The van der Waals surface area contributed by atoms with Crippen LogP contribution in [0.15, 0.2) is 18.2 Å². The third-order valence-corrected chi connectivity index (χ3v) is 2.70. The Bertz CT molecular complexity index is 356. The highest BCUT2D eigenvalue weighted by molar-refractivity contribution is 5.46. The first-order chi connectivity index (χ1) is 9.69. The molecular weight excluding hydrogens is 254 g/mol. The molecule has 1 rings (SSSR count). The average molecular weight is 281 g/mol. The van der Waals surface area contributed by atoms with Crippen LogP contribution in [0.25, 0.3) is 0 Å². The Hall–Kier alpha value is -1.26. The van der Waals surface area contributed by atoms with Crippen molar-refractivity contribution < 1.29 is 14.2 Å². The van der Waals surface area contributed by atoms with Gasteiger partial charge in [0.2, 0.25) is 0 Å². The second kappa shape index (κ2) is 9.61. The number of ether oxygens (including phenoxy) is 3. The maximum atomic E-state index is 5.85. The number of benzene rings is 1. The van der Waals surface area contributed by atoms with Crippen LogP contribution < -0.4 is 15.2 Å². The van der Waals surface area contributed by atoms with Crippen molar-refractivity contribution >= 4 is 0 Å².